The molecule has 1 aromatic carbocycles. The minimum atomic E-state index is -0.179. The van der Waals surface area contributed by atoms with E-state index >= 15 is 0 Å². The first-order valence-electron chi connectivity index (χ1n) is 6.84. The Balaban J connectivity index is 2.20. The van der Waals surface area contributed by atoms with Crippen molar-refractivity contribution in [3.8, 4) is 0 Å². The summed E-state index contributed by atoms with van der Waals surface area (Å²) in [6, 6.07) is 5.36. The molecule has 18 heavy (non-hydrogen) atoms. The zero-order valence-electron chi connectivity index (χ0n) is 10.9. The molecule has 1 nitrogen and oxygen atoms in total. The molecule has 0 radical (unpaired) electrons. The number of rotatable bonds is 3. The van der Waals surface area contributed by atoms with Gasteiger partial charge in [0.1, 0.15) is 5.82 Å². The van der Waals surface area contributed by atoms with Gasteiger partial charge in [0.25, 0.3) is 0 Å². The third-order valence-electron chi connectivity index (χ3n) is 3.98. The molecule has 1 saturated carbocycles. The fourth-order valence-electron chi connectivity index (χ4n) is 3.04. The number of benzene rings is 1. The van der Waals surface area contributed by atoms with Crippen molar-refractivity contribution in [3.63, 3.8) is 0 Å². The smallest absolute Gasteiger partial charge is 0.124 e. The second kappa shape index (κ2) is 6.67. The van der Waals surface area contributed by atoms with Gasteiger partial charge in [0, 0.05) is 10.5 Å². The second-order valence-electron chi connectivity index (χ2n) is 5.18. The molecule has 0 spiro atoms. The van der Waals surface area contributed by atoms with E-state index in [4.69, 9.17) is 0 Å². The topological polar surface area (TPSA) is 12.0 Å². The van der Waals surface area contributed by atoms with E-state index in [0.29, 0.717) is 12.0 Å². The number of hydrogen-bond donors (Lipinski definition) is 1. The minimum absolute atomic E-state index is 0.179. The van der Waals surface area contributed by atoms with Gasteiger partial charge in [-0.15, -0.1) is 0 Å². The van der Waals surface area contributed by atoms with Crippen LogP contribution in [0.25, 0.3) is 0 Å². The van der Waals surface area contributed by atoms with Gasteiger partial charge in [-0.3, -0.25) is 0 Å². The normalized spacial score (nSPS) is 19.5. The highest BCUT2D eigenvalue weighted by Crippen LogP contribution is 2.36. The first-order chi connectivity index (χ1) is 8.72. The van der Waals surface area contributed by atoms with Crippen molar-refractivity contribution >= 4 is 15.9 Å². The predicted octanol–water partition coefficient (Wildman–Crippen LogP) is 4.82. The fourth-order valence-corrected chi connectivity index (χ4v) is 3.64. The highest BCUT2D eigenvalue weighted by Gasteiger charge is 2.24. The Morgan fingerprint density at radius 2 is 1.89 bits per heavy atom. The van der Waals surface area contributed by atoms with E-state index in [1.54, 1.807) is 12.1 Å². The Morgan fingerprint density at radius 1 is 1.22 bits per heavy atom. The van der Waals surface area contributed by atoms with Gasteiger partial charge in [-0.1, -0.05) is 47.7 Å². The van der Waals surface area contributed by atoms with Crippen LogP contribution >= 0.6 is 15.9 Å². The summed E-state index contributed by atoms with van der Waals surface area (Å²) in [6.07, 6.45) is 7.91. The van der Waals surface area contributed by atoms with Crippen LogP contribution in [0.15, 0.2) is 22.7 Å². The lowest BCUT2D eigenvalue weighted by Gasteiger charge is -2.27. The van der Waals surface area contributed by atoms with Crippen LogP contribution in [0, 0.1) is 11.7 Å². The van der Waals surface area contributed by atoms with Gasteiger partial charge in [0.15, 0.2) is 0 Å². The molecule has 0 bridgehead atoms. The van der Waals surface area contributed by atoms with Crippen molar-refractivity contribution in [1.29, 1.82) is 0 Å². The highest BCUT2D eigenvalue weighted by molar-refractivity contribution is 9.10. The molecule has 1 aliphatic carbocycles. The van der Waals surface area contributed by atoms with Crippen LogP contribution < -0.4 is 5.32 Å². The maximum atomic E-state index is 13.2. The molecule has 1 aromatic rings. The molecule has 1 atom stereocenters. The molecule has 0 heterocycles. The number of hydrogen-bond acceptors (Lipinski definition) is 1. The van der Waals surface area contributed by atoms with E-state index in [2.05, 4.69) is 21.2 Å². The molecule has 0 amide bonds. The van der Waals surface area contributed by atoms with Gasteiger partial charge in [-0.2, -0.15) is 0 Å². The standard InChI is InChI=1S/C15H21BrFN/c1-18-15(11-6-4-2-3-5-7-11)13-9-8-12(17)10-14(13)16/h8-11,15,18H,2-7H2,1H3. The molecule has 1 fully saturated rings. The number of nitrogens with one attached hydrogen (secondary N) is 1. The summed E-state index contributed by atoms with van der Waals surface area (Å²) in [5, 5.41) is 3.42. The molecule has 2 rings (SSSR count). The summed E-state index contributed by atoms with van der Waals surface area (Å²) in [5.41, 5.74) is 1.19. The monoisotopic (exact) mass is 313 g/mol. The number of halogens is 2. The van der Waals surface area contributed by atoms with E-state index in [0.717, 1.165) is 4.47 Å². The summed E-state index contributed by atoms with van der Waals surface area (Å²) in [5.74, 6) is 0.487. The van der Waals surface area contributed by atoms with Gasteiger partial charge >= 0.3 is 0 Å². The van der Waals surface area contributed by atoms with Gasteiger partial charge < -0.3 is 5.32 Å². The van der Waals surface area contributed by atoms with Crippen LogP contribution in [-0.4, -0.2) is 7.05 Å². The van der Waals surface area contributed by atoms with Crippen molar-refractivity contribution in [2.24, 2.45) is 5.92 Å². The van der Waals surface area contributed by atoms with Crippen LogP contribution in [-0.2, 0) is 0 Å². The maximum absolute atomic E-state index is 13.2. The van der Waals surface area contributed by atoms with E-state index in [1.165, 1.54) is 44.1 Å². The summed E-state index contributed by atoms with van der Waals surface area (Å²) < 4.78 is 14.1. The molecule has 1 unspecified atom stereocenters. The van der Waals surface area contributed by atoms with Crippen LogP contribution in [0.1, 0.15) is 50.1 Å². The van der Waals surface area contributed by atoms with Gasteiger partial charge in [-0.25, -0.2) is 4.39 Å². The molecule has 1 aliphatic rings. The van der Waals surface area contributed by atoms with E-state index in [9.17, 15) is 4.39 Å². The largest absolute Gasteiger partial charge is 0.313 e. The van der Waals surface area contributed by atoms with Gasteiger partial charge in [0.2, 0.25) is 0 Å². The average molecular weight is 314 g/mol. The van der Waals surface area contributed by atoms with E-state index in [1.807, 2.05) is 13.1 Å². The molecular weight excluding hydrogens is 293 g/mol. The lowest BCUT2D eigenvalue weighted by atomic mass is 9.87. The lowest BCUT2D eigenvalue weighted by Crippen LogP contribution is -2.25. The third kappa shape index (κ3) is 3.33. The Bertz CT molecular complexity index is 386. The Morgan fingerprint density at radius 3 is 2.44 bits per heavy atom. The molecule has 0 saturated heterocycles. The zero-order chi connectivity index (χ0) is 13.0. The van der Waals surface area contributed by atoms with Crippen molar-refractivity contribution < 1.29 is 4.39 Å². The quantitative estimate of drug-likeness (QED) is 0.789. The van der Waals surface area contributed by atoms with Crippen LogP contribution in [0.4, 0.5) is 4.39 Å². The Labute approximate surface area is 117 Å². The molecule has 0 aromatic heterocycles. The Hall–Kier alpha value is -0.410. The van der Waals surface area contributed by atoms with Crippen LogP contribution in [0.5, 0.6) is 0 Å². The van der Waals surface area contributed by atoms with Gasteiger partial charge in [0.05, 0.1) is 0 Å². The first-order valence-corrected chi connectivity index (χ1v) is 7.64. The predicted molar refractivity (Wildman–Crippen MR) is 77.1 cm³/mol. The SMILES string of the molecule is CNC(c1ccc(F)cc1Br)C1CCCCCC1. The van der Waals surface area contributed by atoms with Crippen molar-refractivity contribution in [1.82, 2.24) is 5.32 Å². The average Bonchev–Trinajstić information content (AvgIpc) is 2.62. The van der Waals surface area contributed by atoms with E-state index < -0.39 is 0 Å². The van der Waals surface area contributed by atoms with Crippen molar-refractivity contribution in [2.75, 3.05) is 7.05 Å². The molecular formula is C15H21BrFN. The molecule has 0 aliphatic heterocycles. The zero-order valence-corrected chi connectivity index (χ0v) is 12.5. The van der Waals surface area contributed by atoms with E-state index in [-0.39, 0.29) is 5.82 Å². The fraction of sp³-hybridized carbons (Fsp3) is 0.600. The molecule has 1 N–H and O–H groups in total. The first kappa shape index (κ1) is 14.0. The molecule has 3 heteroatoms. The summed E-state index contributed by atoms with van der Waals surface area (Å²) >= 11 is 3.49. The summed E-state index contributed by atoms with van der Waals surface area (Å²) in [4.78, 5) is 0. The van der Waals surface area contributed by atoms with Crippen LogP contribution in [0.3, 0.4) is 0 Å². The summed E-state index contributed by atoms with van der Waals surface area (Å²) in [6.45, 7) is 0. The van der Waals surface area contributed by atoms with Gasteiger partial charge in [-0.05, 0) is 43.5 Å². The Kier molecular flexibility index (Phi) is 5.19. The highest BCUT2D eigenvalue weighted by atomic mass is 79.9. The third-order valence-corrected chi connectivity index (χ3v) is 4.67. The van der Waals surface area contributed by atoms with Crippen LogP contribution in [0.2, 0.25) is 0 Å². The summed E-state index contributed by atoms with van der Waals surface area (Å²) in [7, 11) is 2.01. The second-order valence-corrected chi connectivity index (χ2v) is 6.04. The van der Waals surface area contributed by atoms with Crippen molar-refractivity contribution in [2.45, 2.75) is 44.6 Å². The lowest BCUT2D eigenvalue weighted by molar-refractivity contribution is 0.340. The molecule has 100 valence electrons. The maximum Gasteiger partial charge on any atom is 0.124 e. The minimum Gasteiger partial charge on any atom is -0.313 e. The van der Waals surface area contributed by atoms with Crippen molar-refractivity contribution in [3.05, 3.63) is 34.1 Å².